The number of aryl methyl sites for hydroxylation is 1. The Kier molecular flexibility index (Phi) is 5.86. The predicted molar refractivity (Wildman–Crippen MR) is 117 cm³/mol. The van der Waals surface area contributed by atoms with E-state index in [1.807, 2.05) is 30.6 Å². The Bertz CT molecular complexity index is 928. The number of benzene rings is 2. The molecule has 3 nitrogen and oxygen atoms in total. The van der Waals surface area contributed by atoms with Crippen LogP contribution in [0.25, 0.3) is 0 Å². The van der Waals surface area contributed by atoms with Crippen molar-refractivity contribution in [3.8, 4) is 0 Å². The normalized spacial score (nSPS) is 17.7. The molecule has 2 aromatic carbocycles. The fourth-order valence-electron chi connectivity index (χ4n) is 3.83. The van der Waals surface area contributed by atoms with Gasteiger partial charge in [0.05, 0.1) is 16.8 Å². The van der Waals surface area contributed by atoms with Gasteiger partial charge in [-0.25, -0.2) is 0 Å². The molecule has 0 aliphatic carbocycles. The molecule has 0 radical (unpaired) electrons. The molecule has 28 heavy (non-hydrogen) atoms. The smallest absolute Gasteiger partial charge is 0.0670 e. The first-order chi connectivity index (χ1) is 13.6. The molecule has 1 aliphatic rings. The van der Waals surface area contributed by atoms with E-state index in [1.165, 1.54) is 16.7 Å². The zero-order chi connectivity index (χ0) is 19.5. The van der Waals surface area contributed by atoms with E-state index in [4.69, 9.17) is 23.2 Å². The third-order valence-electron chi connectivity index (χ3n) is 5.29. The third kappa shape index (κ3) is 4.33. The molecule has 0 N–H and O–H groups in total. The average molecular weight is 412 g/mol. The number of piperazine rings is 1. The molecule has 5 heteroatoms. The van der Waals surface area contributed by atoms with Gasteiger partial charge in [-0.1, -0.05) is 41.4 Å². The standard InChI is InChI=1S/C23H23Cl2N3/c1-17-2-7-22(21(25)14-17)28-13-12-27(15-18-8-10-26-11-9-18)16-23(28)19-3-5-20(24)6-4-19/h2-11,14,23H,12-13,15-16H2,1H3/t23-/m0/s1. The van der Waals surface area contributed by atoms with Gasteiger partial charge in [0.2, 0.25) is 0 Å². The maximum atomic E-state index is 6.62. The molecule has 1 fully saturated rings. The lowest BCUT2D eigenvalue weighted by atomic mass is 10.0. The molecule has 0 spiro atoms. The van der Waals surface area contributed by atoms with E-state index in [-0.39, 0.29) is 6.04 Å². The summed E-state index contributed by atoms with van der Waals surface area (Å²) in [4.78, 5) is 9.04. The zero-order valence-corrected chi connectivity index (χ0v) is 17.4. The first-order valence-electron chi connectivity index (χ1n) is 9.49. The summed E-state index contributed by atoms with van der Waals surface area (Å²) in [7, 11) is 0. The fourth-order valence-corrected chi connectivity index (χ4v) is 4.30. The minimum absolute atomic E-state index is 0.216. The van der Waals surface area contributed by atoms with Crippen molar-refractivity contribution >= 4 is 28.9 Å². The lowest BCUT2D eigenvalue weighted by molar-refractivity contribution is 0.215. The molecule has 1 aliphatic heterocycles. The number of hydrogen-bond donors (Lipinski definition) is 0. The summed E-state index contributed by atoms with van der Waals surface area (Å²) >= 11 is 12.8. The Labute approximate surface area is 176 Å². The fraction of sp³-hybridized carbons (Fsp3) is 0.261. The van der Waals surface area contributed by atoms with Gasteiger partial charge >= 0.3 is 0 Å². The lowest BCUT2D eigenvalue weighted by Crippen LogP contribution is -2.48. The van der Waals surface area contributed by atoms with Gasteiger partial charge in [-0.05, 0) is 60.0 Å². The van der Waals surface area contributed by atoms with Crippen LogP contribution in [0.1, 0.15) is 22.7 Å². The highest BCUT2D eigenvalue weighted by atomic mass is 35.5. The van der Waals surface area contributed by atoms with Crippen LogP contribution in [0.4, 0.5) is 5.69 Å². The highest BCUT2D eigenvalue weighted by molar-refractivity contribution is 6.33. The van der Waals surface area contributed by atoms with Gasteiger partial charge < -0.3 is 4.90 Å². The van der Waals surface area contributed by atoms with Crippen molar-refractivity contribution in [1.29, 1.82) is 0 Å². The van der Waals surface area contributed by atoms with Crippen LogP contribution >= 0.6 is 23.2 Å². The van der Waals surface area contributed by atoms with Crippen molar-refractivity contribution in [3.05, 3.63) is 93.7 Å². The molecule has 0 unspecified atom stereocenters. The van der Waals surface area contributed by atoms with Gasteiger partial charge in [0.15, 0.2) is 0 Å². The van der Waals surface area contributed by atoms with E-state index in [1.54, 1.807) is 0 Å². The Morgan fingerprint density at radius 3 is 2.43 bits per heavy atom. The van der Waals surface area contributed by atoms with Crippen LogP contribution in [-0.2, 0) is 6.54 Å². The Morgan fingerprint density at radius 2 is 1.71 bits per heavy atom. The van der Waals surface area contributed by atoms with Crippen LogP contribution in [0.2, 0.25) is 10.0 Å². The third-order valence-corrected chi connectivity index (χ3v) is 5.84. The molecule has 2 heterocycles. The maximum absolute atomic E-state index is 6.62. The second-order valence-corrected chi connectivity index (χ2v) is 8.15. The van der Waals surface area contributed by atoms with Crippen LogP contribution in [0.15, 0.2) is 67.0 Å². The van der Waals surface area contributed by atoms with Crippen LogP contribution < -0.4 is 4.90 Å². The van der Waals surface area contributed by atoms with Crippen LogP contribution in [0.5, 0.6) is 0 Å². The molecular formula is C23H23Cl2N3. The molecule has 1 aromatic heterocycles. The van der Waals surface area contributed by atoms with Gasteiger partial charge in [0.1, 0.15) is 0 Å². The number of nitrogens with zero attached hydrogens (tertiary/aromatic N) is 3. The molecule has 0 amide bonds. The van der Waals surface area contributed by atoms with Gasteiger partial charge in [-0.3, -0.25) is 9.88 Å². The summed E-state index contributed by atoms with van der Waals surface area (Å²) < 4.78 is 0. The highest BCUT2D eigenvalue weighted by Gasteiger charge is 2.29. The second kappa shape index (κ2) is 8.52. The monoisotopic (exact) mass is 411 g/mol. The molecule has 3 aromatic rings. The number of aromatic nitrogens is 1. The van der Waals surface area contributed by atoms with Crippen LogP contribution in [0.3, 0.4) is 0 Å². The van der Waals surface area contributed by atoms with Gasteiger partial charge in [-0.2, -0.15) is 0 Å². The first kappa shape index (κ1) is 19.3. The zero-order valence-electron chi connectivity index (χ0n) is 15.9. The first-order valence-corrected chi connectivity index (χ1v) is 10.3. The van der Waals surface area contributed by atoms with E-state index in [0.717, 1.165) is 41.9 Å². The van der Waals surface area contributed by atoms with E-state index < -0.39 is 0 Å². The molecule has 0 bridgehead atoms. The summed E-state index contributed by atoms with van der Waals surface area (Å²) in [5, 5.41) is 1.56. The van der Waals surface area contributed by atoms with Gasteiger partial charge in [0, 0.05) is 43.6 Å². The van der Waals surface area contributed by atoms with E-state index >= 15 is 0 Å². The van der Waals surface area contributed by atoms with Crippen molar-refractivity contribution in [3.63, 3.8) is 0 Å². The summed E-state index contributed by atoms with van der Waals surface area (Å²) in [5.41, 5.74) is 4.80. The minimum atomic E-state index is 0.216. The number of pyridine rings is 1. The lowest BCUT2D eigenvalue weighted by Gasteiger charge is -2.43. The minimum Gasteiger partial charge on any atom is -0.361 e. The summed E-state index contributed by atoms with van der Waals surface area (Å²) in [6, 6.07) is 18.9. The summed E-state index contributed by atoms with van der Waals surface area (Å²) in [6.07, 6.45) is 3.71. The quantitative estimate of drug-likeness (QED) is 0.543. The Morgan fingerprint density at radius 1 is 0.964 bits per heavy atom. The SMILES string of the molecule is Cc1ccc(N2CCN(Cc3ccncc3)C[C@H]2c2ccc(Cl)cc2)c(Cl)c1. The number of hydrogen-bond acceptors (Lipinski definition) is 3. The molecule has 1 atom stereocenters. The van der Waals surface area contributed by atoms with Gasteiger partial charge in [-0.15, -0.1) is 0 Å². The number of rotatable bonds is 4. The van der Waals surface area contributed by atoms with E-state index in [2.05, 4.69) is 58.1 Å². The second-order valence-electron chi connectivity index (χ2n) is 7.31. The van der Waals surface area contributed by atoms with E-state index in [0.29, 0.717) is 0 Å². The van der Waals surface area contributed by atoms with Crippen LogP contribution in [0, 0.1) is 6.92 Å². The highest BCUT2D eigenvalue weighted by Crippen LogP contribution is 2.36. The maximum Gasteiger partial charge on any atom is 0.0670 e. The topological polar surface area (TPSA) is 19.4 Å². The van der Waals surface area contributed by atoms with E-state index in [9.17, 15) is 0 Å². The summed E-state index contributed by atoms with van der Waals surface area (Å²) in [6.45, 7) is 5.81. The van der Waals surface area contributed by atoms with Crippen LogP contribution in [-0.4, -0.2) is 29.5 Å². The molecule has 4 rings (SSSR count). The molecule has 0 saturated carbocycles. The molecule has 1 saturated heterocycles. The van der Waals surface area contributed by atoms with Crippen molar-refractivity contribution in [2.24, 2.45) is 0 Å². The average Bonchev–Trinajstić information content (AvgIpc) is 2.70. The van der Waals surface area contributed by atoms with Crippen molar-refractivity contribution in [2.75, 3.05) is 24.5 Å². The largest absolute Gasteiger partial charge is 0.361 e. The van der Waals surface area contributed by atoms with Crippen molar-refractivity contribution < 1.29 is 0 Å². The van der Waals surface area contributed by atoms with Gasteiger partial charge in [0.25, 0.3) is 0 Å². The number of halogens is 2. The predicted octanol–water partition coefficient (Wildman–Crippen LogP) is 5.76. The Hall–Kier alpha value is -2.07. The van der Waals surface area contributed by atoms with Crippen molar-refractivity contribution in [1.82, 2.24) is 9.88 Å². The summed E-state index contributed by atoms with van der Waals surface area (Å²) in [5.74, 6) is 0. The number of anilines is 1. The molecular weight excluding hydrogens is 389 g/mol. The van der Waals surface area contributed by atoms with Crippen molar-refractivity contribution in [2.45, 2.75) is 19.5 Å². The molecule has 144 valence electrons. The Balaban J connectivity index is 1.63.